The van der Waals surface area contributed by atoms with Crippen molar-refractivity contribution in [1.29, 1.82) is 0 Å². The van der Waals surface area contributed by atoms with E-state index < -0.39 is 17.8 Å². The number of amides is 2. The van der Waals surface area contributed by atoms with Gasteiger partial charge in [-0.2, -0.15) is 0 Å². The van der Waals surface area contributed by atoms with Crippen LogP contribution < -0.4 is 0 Å². The molecule has 3 aliphatic carbocycles. The number of benzene rings is 2. The normalized spacial score (nSPS) is 27.7. The Labute approximate surface area is 257 Å². The minimum absolute atomic E-state index is 0.0911. The Morgan fingerprint density at radius 2 is 1.57 bits per heavy atom. The van der Waals surface area contributed by atoms with Crippen molar-refractivity contribution >= 4 is 23.4 Å². The standard InChI is InChI=1S/C37H38N2O5/c1-20-15-24(16-21(2)34(20)41)31-26-9-10-27-32(28(26)18-29-33(31)30(40)17-22(3)35(29)42)37(44)39(36(27)43)25-11-13-38(14-12-25)19-23-7-5-4-6-8-23/h4-9,15-17,25,27-28,31-32,41H,10-14,18-19H2,1-3H3. The molecule has 0 bridgehead atoms. The van der Waals surface area contributed by atoms with Crippen LogP contribution in [0.5, 0.6) is 5.75 Å². The Hall–Kier alpha value is -4.10. The molecule has 7 nitrogen and oxygen atoms in total. The monoisotopic (exact) mass is 590 g/mol. The number of nitrogens with zero attached hydrogens (tertiary/aromatic N) is 2. The summed E-state index contributed by atoms with van der Waals surface area (Å²) in [7, 11) is 0. The maximum Gasteiger partial charge on any atom is 0.233 e. The van der Waals surface area contributed by atoms with E-state index >= 15 is 0 Å². The van der Waals surface area contributed by atoms with E-state index in [0.29, 0.717) is 34.3 Å². The Morgan fingerprint density at radius 1 is 0.886 bits per heavy atom. The van der Waals surface area contributed by atoms with E-state index in [4.69, 9.17) is 0 Å². The Kier molecular flexibility index (Phi) is 7.04. The molecule has 5 aliphatic rings. The third kappa shape index (κ3) is 4.52. The van der Waals surface area contributed by atoms with Crippen LogP contribution in [-0.2, 0) is 25.7 Å². The summed E-state index contributed by atoms with van der Waals surface area (Å²) in [5.41, 5.74) is 5.77. The predicted octanol–water partition coefficient (Wildman–Crippen LogP) is 5.10. The molecular weight excluding hydrogens is 552 g/mol. The van der Waals surface area contributed by atoms with E-state index in [1.807, 2.05) is 44.2 Å². The summed E-state index contributed by atoms with van der Waals surface area (Å²) in [4.78, 5) is 59.2. The number of imide groups is 1. The number of phenolic OH excluding ortho intramolecular Hbond substituents is 1. The average Bonchev–Trinajstić information content (AvgIpc) is 3.27. The number of rotatable bonds is 4. The number of Topliss-reactive ketones (excluding diaryl/α,β-unsaturated/α-hetero) is 1. The fourth-order valence-corrected chi connectivity index (χ4v) is 8.48. The summed E-state index contributed by atoms with van der Waals surface area (Å²) in [6, 6.07) is 14.0. The van der Waals surface area contributed by atoms with E-state index in [9.17, 15) is 24.3 Å². The second-order valence-electron chi connectivity index (χ2n) is 13.3. The highest BCUT2D eigenvalue weighted by Gasteiger charge is 2.57. The fraction of sp³-hybridized carbons (Fsp3) is 0.405. The number of aryl methyl sites for hydroxylation is 2. The second-order valence-corrected chi connectivity index (χ2v) is 13.3. The number of hydrogen-bond donors (Lipinski definition) is 1. The number of carbonyl (C=O) groups excluding carboxylic acids is 4. The smallest absolute Gasteiger partial charge is 0.233 e. The number of aromatic hydroxyl groups is 1. The van der Waals surface area contributed by atoms with Gasteiger partial charge < -0.3 is 5.11 Å². The first-order valence-corrected chi connectivity index (χ1v) is 15.8. The number of piperidine rings is 1. The lowest BCUT2D eigenvalue weighted by Crippen LogP contribution is -2.47. The summed E-state index contributed by atoms with van der Waals surface area (Å²) in [5.74, 6) is -2.17. The Bertz CT molecular complexity index is 1670. The van der Waals surface area contributed by atoms with Gasteiger partial charge in [-0.25, -0.2) is 0 Å². The van der Waals surface area contributed by atoms with Crippen molar-refractivity contribution in [2.24, 2.45) is 17.8 Å². The minimum Gasteiger partial charge on any atom is -0.507 e. The molecule has 2 saturated heterocycles. The van der Waals surface area contributed by atoms with Crippen LogP contribution in [0.3, 0.4) is 0 Å². The first-order chi connectivity index (χ1) is 21.1. The van der Waals surface area contributed by atoms with Crippen LogP contribution >= 0.6 is 0 Å². The molecule has 2 aromatic rings. The van der Waals surface area contributed by atoms with E-state index in [1.54, 1.807) is 11.8 Å². The molecule has 0 aromatic heterocycles. The van der Waals surface area contributed by atoms with Gasteiger partial charge in [0.15, 0.2) is 11.6 Å². The maximum absolute atomic E-state index is 14.3. The molecule has 1 N–H and O–H groups in total. The molecule has 44 heavy (non-hydrogen) atoms. The van der Waals surface area contributed by atoms with Crippen LogP contribution in [-0.4, -0.2) is 57.4 Å². The number of allylic oxidation sites excluding steroid dienone is 6. The van der Waals surface area contributed by atoms with Crippen molar-refractivity contribution in [2.75, 3.05) is 13.1 Å². The molecule has 7 rings (SSSR count). The predicted molar refractivity (Wildman–Crippen MR) is 165 cm³/mol. The highest BCUT2D eigenvalue weighted by molar-refractivity contribution is 6.23. The van der Waals surface area contributed by atoms with Gasteiger partial charge in [0.25, 0.3) is 0 Å². The summed E-state index contributed by atoms with van der Waals surface area (Å²) in [5, 5.41) is 10.5. The van der Waals surface area contributed by atoms with Gasteiger partial charge in [0.2, 0.25) is 11.8 Å². The molecule has 0 spiro atoms. The van der Waals surface area contributed by atoms with Crippen molar-refractivity contribution in [1.82, 2.24) is 9.80 Å². The minimum atomic E-state index is -0.546. The zero-order chi connectivity index (χ0) is 30.9. The highest BCUT2D eigenvalue weighted by atomic mass is 16.3. The van der Waals surface area contributed by atoms with Crippen LogP contribution in [0.4, 0.5) is 0 Å². The number of ketones is 2. The van der Waals surface area contributed by atoms with E-state index in [0.717, 1.165) is 43.6 Å². The summed E-state index contributed by atoms with van der Waals surface area (Å²) < 4.78 is 0. The summed E-state index contributed by atoms with van der Waals surface area (Å²) in [6.45, 7) is 7.81. The molecule has 2 amide bonds. The zero-order valence-corrected chi connectivity index (χ0v) is 25.5. The summed E-state index contributed by atoms with van der Waals surface area (Å²) >= 11 is 0. The zero-order valence-electron chi connectivity index (χ0n) is 25.5. The van der Waals surface area contributed by atoms with Gasteiger partial charge in [0.1, 0.15) is 5.75 Å². The molecular formula is C37H38N2O5. The van der Waals surface area contributed by atoms with E-state index in [1.165, 1.54) is 11.6 Å². The number of fused-ring (bicyclic) bond motifs is 3. The first kappa shape index (κ1) is 28.7. The lowest BCUT2D eigenvalue weighted by molar-refractivity contribution is -0.144. The molecule has 2 fully saturated rings. The molecule has 4 unspecified atom stereocenters. The Balaban J connectivity index is 1.20. The Morgan fingerprint density at radius 3 is 2.25 bits per heavy atom. The first-order valence-electron chi connectivity index (χ1n) is 15.8. The van der Waals surface area contributed by atoms with E-state index in [-0.39, 0.29) is 47.5 Å². The van der Waals surface area contributed by atoms with Crippen LogP contribution in [0.1, 0.15) is 60.8 Å². The van der Waals surface area contributed by atoms with Crippen molar-refractivity contribution < 1.29 is 24.3 Å². The number of hydrogen-bond acceptors (Lipinski definition) is 6. The SMILES string of the molecule is CC1=CC(=O)C2=C(CC3C(=CCC4C(=O)N(C5CCN(Cc6ccccc6)CC5)C(=O)C43)C2c2cc(C)c(O)c(C)c2)C1=O. The largest absolute Gasteiger partial charge is 0.507 e. The quantitative estimate of drug-likeness (QED) is 0.303. The van der Waals surface area contributed by atoms with Gasteiger partial charge in [0.05, 0.1) is 11.8 Å². The van der Waals surface area contributed by atoms with Gasteiger partial charge >= 0.3 is 0 Å². The summed E-state index contributed by atoms with van der Waals surface area (Å²) in [6.07, 6.45) is 5.71. The second kappa shape index (κ2) is 10.8. The molecule has 2 heterocycles. The molecule has 0 radical (unpaired) electrons. The van der Waals surface area contributed by atoms with E-state index in [2.05, 4.69) is 23.1 Å². The van der Waals surface area contributed by atoms with Gasteiger partial charge in [-0.1, -0.05) is 54.1 Å². The van der Waals surface area contributed by atoms with Gasteiger partial charge in [-0.05, 0) is 80.7 Å². The fourth-order valence-electron chi connectivity index (χ4n) is 8.48. The van der Waals surface area contributed by atoms with Crippen LogP contribution in [0.2, 0.25) is 0 Å². The molecule has 2 aromatic carbocycles. The van der Waals surface area contributed by atoms with Crippen LogP contribution in [0.15, 0.2) is 76.9 Å². The molecule has 0 saturated carbocycles. The lowest BCUT2D eigenvalue weighted by Gasteiger charge is -2.42. The average molecular weight is 591 g/mol. The molecule has 4 atom stereocenters. The maximum atomic E-state index is 14.3. The molecule has 2 aliphatic heterocycles. The van der Waals surface area contributed by atoms with Crippen LogP contribution in [0, 0.1) is 31.6 Å². The number of phenols is 1. The molecule has 7 heteroatoms. The van der Waals surface area contributed by atoms with Crippen molar-refractivity contribution in [3.05, 3.63) is 99.2 Å². The van der Waals surface area contributed by atoms with Crippen molar-refractivity contribution in [2.45, 2.75) is 65.0 Å². The van der Waals surface area contributed by atoms with Crippen LogP contribution in [0.25, 0.3) is 0 Å². The molecule has 226 valence electrons. The van der Waals surface area contributed by atoms with Gasteiger partial charge in [-0.3, -0.25) is 29.0 Å². The third-order valence-corrected chi connectivity index (χ3v) is 10.6. The number of likely N-dealkylation sites (tertiary alicyclic amines) is 2. The highest BCUT2D eigenvalue weighted by Crippen LogP contribution is 2.55. The van der Waals surface area contributed by atoms with Crippen molar-refractivity contribution in [3.63, 3.8) is 0 Å². The van der Waals surface area contributed by atoms with Gasteiger partial charge in [-0.15, -0.1) is 0 Å². The lowest BCUT2D eigenvalue weighted by atomic mass is 9.59. The third-order valence-electron chi connectivity index (χ3n) is 10.6. The topological polar surface area (TPSA) is 95.0 Å². The van der Waals surface area contributed by atoms with Gasteiger partial charge in [0, 0.05) is 48.3 Å². The number of carbonyl (C=O) groups is 4. The van der Waals surface area contributed by atoms with Crippen molar-refractivity contribution in [3.8, 4) is 5.75 Å².